The van der Waals surface area contributed by atoms with Crippen molar-refractivity contribution in [2.75, 3.05) is 6.61 Å². The van der Waals surface area contributed by atoms with Crippen LogP contribution in [0.1, 0.15) is 38.8 Å². The number of hydrogen-bond acceptors (Lipinski definition) is 5. The lowest BCUT2D eigenvalue weighted by molar-refractivity contribution is 0.0728. The summed E-state index contributed by atoms with van der Waals surface area (Å²) in [5, 5.41) is 3.98. The Morgan fingerprint density at radius 3 is 2.37 bits per heavy atom. The third-order valence-electron chi connectivity index (χ3n) is 4.17. The molecule has 0 saturated carbocycles. The molecule has 1 N–H and O–H groups in total. The van der Waals surface area contributed by atoms with E-state index in [4.69, 9.17) is 9.47 Å². The molecular formula is C24H22N2O4. The molecule has 30 heavy (non-hydrogen) atoms. The van der Waals surface area contributed by atoms with E-state index in [1.807, 2.05) is 32.0 Å². The maximum Gasteiger partial charge on any atom is 0.343 e. The van der Waals surface area contributed by atoms with Gasteiger partial charge in [-0.25, -0.2) is 10.2 Å². The fraction of sp³-hybridized carbons (Fsp3) is 0.125. The third kappa shape index (κ3) is 5.54. The number of rotatable bonds is 7. The van der Waals surface area contributed by atoms with Gasteiger partial charge in [0.05, 0.1) is 18.4 Å². The minimum Gasteiger partial charge on any atom is -0.490 e. The molecule has 6 heteroatoms. The maximum atomic E-state index is 12.4. The van der Waals surface area contributed by atoms with Crippen molar-refractivity contribution in [3.63, 3.8) is 0 Å². The van der Waals surface area contributed by atoms with E-state index >= 15 is 0 Å². The minimum absolute atomic E-state index is 0.305. The monoisotopic (exact) mass is 402 g/mol. The summed E-state index contributed by atoms with van der Waals surface area (Å²) >= 11 is 0. The first-order chi connectivity index (χ1) is 14.6. The molecule has 3 aromatic rings. The van der Waals surface area contributed by atoms with Gasteiger partial charge in [-0.05, 0) is 61.9 Å². The van der Waals surface area contributed by atoms with Crippen LogP contribution in [0.5, 0.6) is 11.5 Å². The lowest BCUT2D eigenvalue weighted by atomic mass is 10.1. The van der Waals surface area contributed by atoms with Crippen LogP contribution in [0.25, 0.3) is 0 Å². The van der Waals surface area contributed by atoms with E-state index in [2.05, 4.69) is 10.5 Å². The number of nitrogens with one attached hydrogen (secondary N) is 1. The van der Waals surface area contributed by atoms with Crippen LogP contribution in [0, 0.1) is 6.92 Å². The second kappa shape index (κ2) is 10.0. The lowest BCUT2D eigenvalue weighted by Gasteiger charge is -2.11. The van der Waals surface area contributed by atoms with Crippen LogP contribution in [0.4, 0.5) is 0 Å². The molecule has 0 aromatic heterocycles. The highest BCUT2D eigenvalue weighted by Gasteiger charge is 2.13. The van der Waals surface area contributed by atoms with E-state index in [-0.39, 0.29) is 5.91 Å². The molecule has 0 aliphatic heterocycles. The van der Waals surface area contributed by atoms with E-state index < -0.39 is 5.97 Å². The van der Waals surface area contributed by atoms with Gasteiger partial charge >= 0.3 is 5.97 Å². The number of esters is 1. The van der Waals surface area contributed by atoms with Crippen molar-refractivity contribution in [2.45, 2.75) is 13.8 Å². The van der Waals surface area contributed by atoms with Gasteiger partial charge in [-0.2, -0.15) is 5.10 Å². The second-order valence-electron chi connectivity index (χ2n) is 6.46. The van der Waals surface area contributed by atoms with Crippen molar-refractivity contribution in [1.82, 2.24) is 5.43 Å². The van der Waals surface area contributed by atoms with Crippen LogP contribution in [-0.4, -0.2) is 24.7 Å². The Labute approximate surface area is 175 Å². The Bertz CT molecular complexity index is 1040. The summed E-state index contributed by atoms with van der Waals surface area (Å²) in [4.78, 5) is 24.4. The van der Waals surface area contributed by atoms with E-state index in [1.54, 1.807) is 54.6 Å². The molecule has 1 amide bonds. The molecule has 0 aliphatic rings. The summed E-state index contributed by atoms with van der Waals surface area (Å²) in [6.45, 7) is 4.19. The van der Waals surface area contributed by atoms with Crippen LogP contribution in [0.3, 0.4) is 0 Å². The SMILES string of the molecule is CCOc1cc(/C=N\NC(=O)c2ccccc2)ccc1OC(=O)c1ccc(C)cc1. The molecule has 3 rings (SSSR count). The number of carbonyl (C=O) groups is 2. The molecule has 0 atom stereocenters. The van der Waals surface area contributed by atoms with E-state index in [0.717, 1.165) is 5.56 Å². The number of carbonyl (C=O) groups excluding carboxylic acids is 2. The number of amides is 1. The first-order valence-corrected chi connectivity index (χ1v) is 9.51. The highest BCUT2D eigenvalue weighted by molar-refractivity contribution is 5.95. The fourth-order valence-electron chi connectivity index (χ4n) is 2.63. The molecule has 0 radical (unpaired) electrons. The normalized spacial score (nSPS) is 10.6. The van der Waals surface area contributed by atoms with Gasteiger partial charge in [0.2, 0.25) is 0 Å². The number of benzene rings is 3. The van der Waals surface area contributed by atoms with Gasteiger partial charge in [0.25, 0.3) is 5.91 Å². The highest BCUT2D eigenvalue weighted by atomic mass is 16.6. The molecule has 152 valence electrons. The average molecular weight is 402 g/mol. The van der Waals surface area contributed by atoms with Gasteiger partial charge in [0.15, 0.2) is 11.5 Å². The topological polar surface area (TPSA) is 77.0 Å². The Morgan fingerprint density at radius 1 is 0.933 bits per heavy atom. The van der Waals surface area contributed by atoms with E-state index in [9.17, 15) is 9.59 Å². The summed E-state index contributed by atoms with van der Waals surface area (Å²) in [7, 11) is 0. The maximum absolute atomic E-state index is 12.4. The largest absolute Gasteiger partial charge is 0.490 e. The Kier molecular flexibility index (Phi) is 6.95. The molecule has 6 nitrogen and oxygen atoms in total. The molecule has 0 aliphatic carbocycles. The van der Waals surface area contributed by atoms with Gasteiger partial charge in [0, 0.05) is 5.56 Å². The zero-order valence-electron chi connectivity index (χ0n) is 16.8. The van der Waals surface area contributed by atoms with Crippen LogP contribution >= 0.6 is 0 Å². The number of aryl methyl sites for hydroxylation is 1. The van der Waals surface area contributed by atoms with Crippen LogP contribution in [0.2, 0.25) is 0 Å². The van der Waals surface area contributed by atoms with E-state index in [0.29, 0.717) is 34.8 Å². The zero-order chi connectivity index (χ0) is 21.3. The van der Waals surface area contributed by atoms with Crippen molar-refractivity contribution < 1.29 is 19.1 Å². The first kappa shape index (κ1) is 20.8. The fourth-order valence-corrected chi connectivity index (χ4v) is 2.63. The van der Waals surface area contributed by atoms with Crippen LogP contribution in [-0.2, 0) is 0 Å². The van der Waals surface area contributed by atoms with Crippen molar-refractivity contribution in [3.8, 4) is 11.5 Å². The predicted molar refractivity (Wildman–Crippen MR) is 115 cm³/mol. The number of hydrazone groups is 1. The van der Waals surface area contributed by atoms with Gasteiger partial charge < -0.3 is 9.47 Å². The molecule has 0 fully saturated rings. The summed E-state index contributed by atoms with van der Waals surface area (Å²) in [6, 6.07) is 21.0. The summed E-state index contributed by atoms with van der Waals surface area (Å²) in [5.41, 5.74) is 5.19. The van der Waals surface area contributed by atoms with Gasteiger partial charge in [-0.3, -0.25) is 4.79 Å². The third-order valence-corrected chi connectivity index (χ3v) is 4.17. The van der Waals surface area contributed by atoms with Crippen molar-refractivity contribution in [3.05, 3.63) is 95.1 Å². The van der Waals surface area contributed by atoms with Crippen molar-refractivity contribution in [1.29, 1.82) is 0 Å². The Hall–Kier alpha value is -3.93. The number of hydrogen-bond donors (Lipinski definition) is 1. The smallest absolute Gasteiger partial charge is 0.343 e. The molecule has 0 saturated heterocycles. The van der Waals surface area contributed by atoms with Crippen molar-refractivity contribution >= 4 is 18.1 Å². The Balaban J connectivity index is 1.70. The zero-order valence-corrected chi connectivity index (χ0v) is 16.8. The first-order valence-electron chi connectivity index (χ1n) is 9.51. The molecule has 0 bridgehead atoms. The van der Waals surface area contributed by atoms with Gasteiger partial charge in [-0.1, -0.05) is 35.9 Å². The summed E-state index contributed by atoms with van der Waals surface area (Å²) in [5.74, 6) is -0.0442. The summed E-state index contributed by atoms with van der Waals surface area (Å²) < 4.78 is 11.1. The van der Waals surface area contributed by atoms with Crippen LogP contribution in [0.15, 0.2) is 77.9 Å². The average Bonchev–Trinajstić information content (AvgIpc) is 2.76. The predicted octanol–water partition coefficient (Wildman–Crippen LogP) is 4.38. The summed E-state index contributed by atoms with van der Waals surface area (Å²) in [6.07, 6.45) is 1.49. The van der Waals surface area contributed by atoms with Crippen LogP contribution < -0.4 is 14.9 Å². The van der Waals surface area contributed by atoms with Gasteiger partial charge in [-0.15, -0.1) is 0 Å². The minimum atomic E-state index is -0.465. The van der Waals surface area contributed by atoms with Crippen molar-refractivity contribution in [2.24, 2.45) is 5.10 Å². The van der Waals surface area contributed by atoms with Gasteiger partial charge in [0.1, 0.15) is 0 Å². The standard InChI is InChI=1S/C24H22N2O4/c1-3-29-22-15-18(16-25-26-23(27)19-7-5-4-6-8-19)11-14-21(22)30-24(28)20-12-9-17(2)10-13-20/h4-16H,3H2,1-2H3,(H,26,27)/b25-16-. The number of nitrogens with zero attached hydrogens (tertiary/aromatic N) is 1. The lowest BCUT2D eigenvalue weighted by Crippen LogP contribution is -2.17. The Morgan fingerprint density at radius 2 is 1.67 bits per heavy atom. The molecule has 0 spiro atoms. The molecule has 0 heterocycles. The quantitative estimate of drug-likeness (QED) is 0.275. The molecule has 3 aromatic carbocycles. The second-order valence-corrected chi connectivity index (χ2v) is 6.46. The highest BCUT2D eigenvalue weighted by Crippen LogP contribution is 2.29. The molecule has 0 unspecified atom stereocenters. The number of ether oxygens (including phenoxy) is 2. The van der Waals surface area contributed by atoms with E-state index in [1.165, 1.54) is 6.21 Å². The molecular weight excluding hydrogens is 380 g/mol.